The van der Waals surface area contributed by atoms with Crippen LogP contribution >= 0.6 is 0 Å². The van der Waals surface area contributed by atoms with Gasteiger partial charge in [0.25, 0.3) is 0 Å². The predicted molar refractivity (Wildman–Crippen MR) is 582 cm³/mol. The third-order valence-electron chi connectivity index (χ3n) is 29.3. The van der Waals surface area contributed by atoms with Crippen LogP contribution in [0, 0.1) is 13.8 Å². The summed E-state index contributed by atoms with van der Waals surface area (Å²) in [5, 5.41) is 0. The SMILES string of the molecule is Cc1c2c(cc3c1N(c1ccccc1)c1cccc4c1B3Oc1ccccc1O4)B1Oc3ccccc3Oc3cccc(c31)N2c1ccccc1.Cc1c2c(cc3c1N(c1ccccc1)c1cccc4c1B3Oc1ccccc1O4)B1Oc3ccccc3Oc3cccc(c31)O2.c1ccc(N2c3cc4c(cc3B3Oc5ccccc5Oc5cccc2c53)B2Oc3ccccc3Oc3cccc(c32)N4c2ccccc2)cc1. The first kappa shape index (κ1) is 83.0. The first-order chi connectivity index (χ1) is 72.2. The molecule has 0 saturated heterocycles. The van der Waals surface area contributed by atoms with E-state index in [4.69, 9.17) is 61.1 Å². The van der Waals surface area contributed by atoms with E-state index in [0.717, 1.165) is 208 Å². The summed E-state index contributed by atoms with van der Waals surface area (Å²) in [7, 11) is 0. The molecule has 146 heavy (non-hydrogen) atoms. The van der Waals surface area contributed by atoms with E-state index in [1.807, 2.05) is 218 Å². The maximum absolute atomic E-state index is 7.06. The zero-order valence-corrected chi connectivity index (χ0v) is 78.5. The van der Waals surface area contributed by atoms with Gasteiger partial charge < -0.3 is 85.6 Å². The third kappa shape index (κ3) is 12.9. The number of benzene rings is 20. The van der Waals surface area contributed by atoms with Gasteiger partial charge in [0.2, 0.25) is 0 Å². The van der Waals surface area contributed by atoms with E-state index in [-0.39, 0.29) is 0 Å². The van der Waals surface area contributed by atoms with Crippen molar-refractivity contribution in [2.45, 2.75) is 13.8 Å². The molecule has 0 spiro atoms. The number of anilines is 15. The van der Waals surface area contributed by atoms with Gasteiger partial charge in [0, 0.05) is 118 Å². The molecule has 0 aliphatic carbocycles. The lowest BCUT2D eigenvalue weighted by Gasteiger charge is -2.42. The molecular weight excluding hydrogens is 1810 g/mol. The standard InChI is InChI=1S/C43H28B2N2O4.C42H26B2N2O4.C37H23B2NO5/c1-27-42-30(44-40-32(46(42)28-14-4-2-5-15-28)18-12-24-38(40)48-34-20-8-10-22-36(34)50-44)26-31-43(27)47(29-16-6-3-7-17-29)33-19-13-25-39-41(33)45(31)51-37-23-11-9-21-35(37)49-39;1-3-13-27(14-4-1)45-31-17-11-23-39-41(31)43(49-37-21-9-7-19-35(37)47-39)29-25-30-34(26-33(29)45)46(28-15-5-2-6-16-28)32-18-12-24-40-42(32)44(30)50-38-22-10-8-20-36(38)48-40;1-22-36-24(21-25-37(22)43-33-20-10-19-32-35(33)39(25)45-30-17-8-6-15-28(30)42-32)38-34-26(40(36)23-11-3-2-4-12-23)13-9-18-31(34)41-27-14-5-7-16-29(27)44-38/h2-26H,1H3;1-26H;2-21H,1H3. The first-order valence-electron chi connectivity index (χ1n) is 49.1. The molecule has 24 heteroatoms. The Morgan fingerprint density at radius 2 is 0.349 bits per heavy atom. The summed E-state index contributed by atoms with van der Waals surface area (Å²) in [5.41, 5.74) is 29.3. The molecule has 12 aliphatic rings. The average Bonchev–Trinajstić information content (AvgIpc) is 1.11. The normalized spacial score (nSPS) is 14.1. The molecule has 0 N–H and O–H groups in total. The second-order valence-corrected chi connectivity index (χ2v) is 37.6. The maximum Gasteiger partial charge on any atom is 0.438 e. The summed E-state index contributed by atoms with van der Waals surface area (Å²) in [6.07, 6.45) is 0. The Bertz CT molecular complexity index is 8510. The van der Waals surface area contributed by atoms with Gasteiger partial charge in [0.1, 0.15) is 80.5 Å². The molecule has 0 saturated carbocycles. The Hall–Kier alpha value is -18.8. The van der Waals surface area contributed by atoms with E-state index in [1.165, 1.54) is 0 Å². The summed E-state index contributed by atoms with van der Waals surface area (Å²) < 4.78 is 88.1. The van der Waals surface area contributed by atoms with Gasteiger partial charge in [-0.3, -0.25) is 0 Å². The van der Waals surface area contributed by atoms with Crippen molar-refractivity contribution in [3.05, 3.63) is 442 Å². The first-order valence-corrected chi connectivity index (χ1v) is 49.1. The van der Waals surface area contributed by atoms with Crippen LogP contribution in [0.5, 0.6) is 115 Å². The molecular formula is C122H77B6N5O13. The zero-order valence-electron chi connectivity index (χ0n) is 78.5. The van der Waals surface area contributed by atoms with Crippen molar-refractivity contribution in [1.82, 2.24) is 0 Å². The van der Waals surface area contributed by atoms with Gasteiger partial charge in [-0.15, -0.1) is 0 Å². The predicted octanol–water partition coefficient (Wildman–Crippen LogP) is 22.4. The van der Waals surface area contributed by atoms with Gasteiger partial charge in [-0.05, 0) is 259 Å². The van der Waals surface area contributed by atoms with Gasteiger partial charge in [-0.2, -0.15) is 0 Å². The Labute approximate surface area is 843 Å². The van der Waals surface area contributed by atoms with Crippen LogP contribution < -0.4 is 151 Å². The Morgan fingerprint density at radius 3 is 0.637 bits per heavy atom. The largest absolute Gasteiger partial charge is 0.549 e. The lowest BCUT2D eigenvalue weighted by atomic mass is 9.46. The van der Waals surface area contributed by atoms with E-state index in [1.54, 1.807) is 0 Å². The van der Waals surface area contributed by atoms with E-state index in [2.05, 4.69) is 251 Å². The lowest BCUT2D eigenvalue weighted by molar-refractivity contribution is 0.462. The quantitative estimate of drug-likeness (QED) is 0.151. The van der Waals surface area contributed by atoms with Gasteiger partial charge in [0.15, 0.2) is 34.5 Å². The van der Waals surface area contributed by atoms with Crippen molar-refractivity contribution in [3.63, 3.8) is 0 Å². The highest BCUT2D eigenvalue weighted by Gasteiger charge is 2.54. The number of hydrogen-bond donors (Lipinski definition) is 0. The van der Waals surface area contributed by atoms with Crippen LogP contribution in [0.4, 0.5) is 85.3 Å². The van der Waals surface area contributed by atoms with E-state index in [0.29, 0.717) is 69.0 Å². The van der Waals surface area contributed by atoms with Crippen molar-refractivity contribution in [2.24, 2.45) is 0 Å². The molecule has 0 aromatic heterocycles. The summed E-state index contributed by atoms with van der Waals surface area (Å²) in [4.78, 5) is 11.7. The van der Waals surface area contributed by atoms with Crippen LogP contribution in [-0.4, -0.2) is 41.5 Å². The fraction of sp³-hybridized carbons (Fsp3) is 0.0164. The van der Waals surface area contributed by atoms with Crippen LogP contribution in [0.15, 0.2) is 431 Å². The number of fused-ring (bicyclic) bond motifs is 18. The highest BCUT2D eigenvalue weighted by Crippen LogP contribution is 2.55. The molecule has 32 rings (SSSR count). The minimum Gasteiger partial charge on any atom is -0.549 e. The Morgan fingerprint density at radius 1 is 0.151 bits per heavy atom. The molecule has 12 heterocycles. The second kappa shape index (κ2) is 32.9. The fourth-order valence-corrected chi connectivity index (χ4v) is 23.2. The van der Waals surface area contributed by atoms with E-state index in [9.17, 15) is 0 Å². The molecule has 18 nitrogen and oxygen atoms in total. The topological polar surface area (TPSA) is 136 Å². The van der Waals surface area contributed by atoms with Gasteiger partial charge in [-0.1, -0.05) is 218 Å². The minimum absolute atomic E-state index is 0.440. The molecule has 686 valence electrons. The summed E-state index contributed by atoms with van der Waals surface area (Å²) in [5.74, 6) is 14.4. The van der Waals surface area contributed by atoms with Crippen LogP contribution in [0.25, 0.3) is 0 Å². The molecule has 0 radical (unpaired) electrons. The molecule has 20 aromatic rings. The number of para-hydroxylation sites is 17. The van der Waals surface area contributed by atoms with Crippen molar-refractivity contribution in [3.8, 4) is 115 Å². The van der Waals surface area contributed by atoms with Gasteiger partial charge >= 0.3 is 41.5 Å². The van der Waals surface area contributed by atoms with Crippen LogP contribution in [0.3, 0.4) is 0 Å². The Kier molecular flexibility index (Phi) is 18.7. The number of hydrogen-bond acceptors (Lipinski definition) is 18. The number of ether oxygens (including phenoxy) is 7. The summed E-state index contributed by atoms with van der Waals surface area (Å²) in [6, 6.07) is 146. The van der Waals surface area contributed by atoms with Crippen molar-refractivity contribution < 1.29 is 61.1 Å². The van der Waals surface area contributed by atoms with E-state index < -0.39 is 41.5 Å². The molecule has 12 aliphatic heterocycles. The van der Waals surface area contributed by atoms with Gasteiger partial charge in [0.05, 0.1) is 11.2 Å². The molecule has 0 atom stereocenters. The monoisotopic (exact) mass is 1890 g/mol. The van der Waals surface area contributed by atoms with Crippen LogP contribution in [-0.2, 0) is 0 Å². The highest BCUT2D eigenvalue weighted by atomic mass is 16.5. The Balaban J connectivity index is 0.000000102. The number of nitrogens with zero attached hydrogens (tertiary/aromatic N) is 5. The fourth-order valence-electron chi connectivity index (χ4n) is 23.2. The molecule has 0 bridgehead atoms. The number of rotatable bonds is 5. The smallest absolute Gasteiger partial charge is 0.438 e. The molecule has 0 fully saturated rings. The van der Waals surface area contributed by atoms with Crippen LogP contribution in [0.2, 0.25) is 0 Å². The zero-order chi connectivity index (χ0) is 96.0. The average molecular weight is 1890 g/mol. The van der Waals surface area contributed by atoms with Crippen molar-refractivity contribution in [2.75, 3.05) is 24.5 Å². The third-order valence-corrected chi connectivity index (χ3v) is 29.3. The molecule has 0 amide bonds. The van der Waals surface area contributed by atoms with Gasteiger partial charge in [-0.25, -0.2) is 0 Å². The summed E-state index contributed by atoms with van der Waals surface area (Å²) in [6.45, 7) is 1.68. The van der Waals surface area contributed by atoms with Crippen molar-refractivity contribution in [1.29, 1.82) is 0 Å². The molecule has 0 unspecified atom stereocenters. The summed E-state index contributed by atoms with van der Waals surface area (Å²) >= 11 is 0. The molecule has 20 aromatic carbocycles. The van der Waals surface area contributed by atoms with E-state index >= 15 is 0 Å². The van der Waals surface area contributed by atoms with Crippen molar-refractivity contribution >= 4 is 192 Å². The highest BCUT2D eigenvalue weighted by molar-refractivity contribution is 6.91. The minimum atomic E-state index is -0.455. The second-order valence-electron chi connectivity index (χ2n) is 37.6. The van der Waals surface area contributed by atoms with Crippen LogP contribution in [0.1, 0.15) is 11.1 Å². The maximum atomic E-state index is 7.06. The lowest BCUT2D eigenvalue weighted by Crippen LogP contribution is -2.59.